The summed E-state index contributed by atoms with van der Waals surface area (Å²) in [6, 6.07) is 9.89. The van der Waals surface area contributed by atoms with Crippen LogP contribution >= 0.6 is 0 Å². The number of hydrogen-bond donors (Lipinski definition) is 0. The number of tetrazole rings is 1. The summed E-state index contributed by atoms with van der Waals surface area (Å²) >= 11 is 0. The van der Waals surface area contributed by atoms with Crippen molar-refractivity contribution in [1.82, 2.24) is 30.0 Å². The predicted molar refractivity (Wildman–Crippen MR) is 85.8 cm³/mol. The van der Waals surface area contributed by atoms with Crippen LogP contribution in [-0.2, 0) is 11.3 Å². The van der Waals surface area contributed by atoms with Gasteiger partial charge in [0, 0.05) is 20.0 Å². The topological polar surface area (TPSA) is 67.2 Å². The van der Waals surface area contributed by atoms with Crippen LogP contribution in [0, 0.1) is 5.92 Å². The van der Waals surface area contributed by atoms with Gasteiger partial charge in [0.25, 0.3) is 0 Å². The molecule has 1 saturated heterocycles. The molecule has 1 aliphatic rings. The zero-order valence-corrected chi connectivity index (χ0v) is 13.6. The minimum Gasteiger partial charge on any atom is -0.349 e. The van der Waals surface area contributed by atoms with Gasteiger partial charge in [-0.25, -0.2) is 0 Å². The third-order valence-corrected chi connectivity index (χ3v) is 4.28. The van der Waals surface area contributed by atoms with E-state index in [0.717, 1.165) is 37.4 Å². The van der Waals surface area contributed by atoms with E-state index < -0.39 is 0 Å². The summed E-state index contributed by atoms with van der Waals surface area (Å²) < 4.78 is 1.77. The zero-order chi connectivity index (χ0) is 16.2. The molecule has 0 bridgehead atoms. The number of nitrogens with zero attached hydrogens (tertiary/aromatic N) is 6. The molecule has 0 unspecified atom stereocenters. The van der Waals surface area contributed by atoms with Crippen molar-refractivity contribution in [2.24, 2.45) is 5.92 Å². The quantitative estimate of drug-likeness (QED) is 0.841. The van der Waals surface area contributed by atoms with Crippen LogP contribution in [0.2, 0.25) is 0 Å². The smallest absolute Gasteiger partial charge is 0.225 e. The van der Waals surface area contributed by atoms with Crippen molar-refractivity contribution in [3.63, 3.8) is 0 Å². The first kappa shape index (κ1) is 15.6. The van der Waals surface area contributed by atoms with E-state index in [0.29, 0.717) is 6.54 Å². The van der Waals surface area contributed by atoms with Crippen molar-refractivity contribution in [3.8, 4) is 5.69 Å². The van der Waals surface area contributed by atoms with Gasteiger partial charge in [-0.2, -0.15) is 4.68 Å². The Morgan fingerprint density at radius 3 is 2.57 bits per heavy atom. The average molecular weight is 314 g/mol. The second-order valence-corrected chi connectivity index (χ2v) is 6.13. The van der Waals surface area contributed by atoms with Crippen LogP contribution in [0.3, 0.4) is 0 Å². The third-order valence-electron chi connectivity index (χ3n) is 4.28. The summed E-state index contributed by atoms with van der Waals surface area (Å²) in [6.45, 7) is 2.49. The van der Waals surface area contributed by atoms with E-state index in [4.69, 9.17) is 0 Å². The number of benzene rings is 1. The monoisotopic (exact) mass is 314 g/mol. The first-order valence-corrected chi connectivity index (χ1v) is 7.91. The molecule has 2 aromatic rings. The van der Waals surface area contributed by atoms with E-state index >= 15 is 0 Å². The van der Waals surface area contributed by atoms with Crippen molar-refractivity contribution >= 4 is 5.91 Å². The Bertz CT molecular complexity index is 646. The largest absolute Gasteiger partial charge is 0.349 e. The summed E-state index contributed by atoms with van der Waals surface area (Å²) in [6.07, 6.45) is 1.79. The van der Waals surface area contributed by atoms with Crippen molar-refractivity contribution in [2.75, 3.05) is 27.2 Å². The molecule has 23 heavy (non-hydrogen) atoms. The number of carbonyl (C=O) groups excluding carboxylic acids is 1. The van der Waals surface area contributed by atoms with Gasteiger partial charge in [0.05, 0.1) is 12.2 Å². The molecule has 122 valence electrons. The van der Waals surface area contributed by atoms with Crippen LogP contribution in [0.5, 0.6) is 0 Å². The Morgan fingerprint density at radius 2 is 1.91 bits per heavy atom. The number of rotatable bonds is 4. The Morgan fingerprint density at radius 1 is 1.22 bits per heavy atom. The van der Waals surface area contributed by atoms with Gasteiger partial charge in [-0.1, -0.05) is 18.2 Å². The third kappa shape index (κ3) is 3.56. The fourth-order valence-electron chi connectivity index (χ4n) is 2.98. The number of aromatic nitrogens is 4. The Balaban J connectivity index is 1.62. The Kier molecular flexibility index (Phi) is 4.66. The second kappa shape index (κ2) is 6.87. The fraction of sp³-hybridized carbons (Fsp3) is 0.500. The molecule has 1 aliphatic heterocycles. The van der Waals surface area contributed by atoms with Gasteiger partial charge in [0.2, 0.25) is 5.91 Å². The van der Waals surface area contributed by atoms with Crippen molar-refractivity contribution in [2.45, 2.75) is 19.4 Å². The number of para-hydroxylation sites is 1. The first-order valence-electron chi connectivity index (χ1n) is 7.91. The van der Waals surface area contributed by atoms with Gasteiger partial charge in [0.15, 0.2) is 5.82 Å². The number of amides is 1. The standard InChI is InChI=1S/C16H22N6O/c1-20(2)16(23)13-8-10-21(11-9-13)12-15-17-18-19-22(15)14-6-4-3-5-7-14/h3-7,13H,8-12H2,1-2H3. The maximum atomic E-state index is 12.0. The van der Waals surface area contributed by atoms with Crippen molar-refractivity contribution in [1.29, 1.82) is 0 Å². The lowest BCUT2D eigenvalue weighted by Gasteiger charge is -2.31. The minimum absolute atomic E-state index is 0.145. The summed E-state index contributed by atoms with van der Waals surface area (Å²) in [5, 5.41) is 12.0. The van der Waals surface area contributed by atoms with E-state index in [2.05, 4.69) is 20.4 Å². The first-order chi connectivity index (χ1) is 11.1. The summed E-state index contributed by atoms with van der Waals surface area (Å²) in [5.41, 5.74) is 0.963. The van der Waals surface area contributed by atoms with Gasteiger partial charge in [0.1, 0.15) is 0 Å². The molecule has 1 aromatic heterocycles. The molecule has 1 aromatic carbocycles. The summed E-state index contributed by atoms with van der Waals surface area (Å²) in [7, 11) is 3.64. The Hall–Kier alpha value is -2.28. The number of likely N-dealkylation sites (tertiary alicyclic amines) is 1. The molecule has 0 aliphatic carbocycles. The zero-order valence-electron chi connectivity index (χ0n) is 13.6. The maximum Gasteiger partial charge on any atom is 0.225 e. The van der Waals surface area contributed by atoms with E-state index in [1.807, 2.05) is 44.4 Å². The van der Waals surface area contributed by atoms with Gasteiger partial charge in [-0.05, 0) is 48.5 Å². The molecule has 7 nitrogen and oxygen atoms in total. The molecule has 0 spiro atoms. The van der Waals surface area contributed by atoms with Crippen LogP contribution in [0.1, 0.15) is 18.7 Å². The van der Waals surface area contributed by atoms with E-state index in [1.165, 1.54) is 0 Å². The molecule has 3 rings (SSSR count). The number of carbonyl (C=O) groups is 1. The molecule has 0 radical (unpaired) electrons. The maximum absolute atomic E-state index is 12.0. The lowest BCUT2D eigenvalue weighted by atomic mass is 9.95. The summed E-state index contributed by atoms with van der Waals surface area (Å²) in [4.78, 5) is 16.0. The second-order valence-electron chi connectivity index (χ2n) is 6.13. The normalized spacial score (nSPS) is 16.4. The SMILES string of the molecule is CN(C)C(=O)C1CCN(Cc2nnnn2-c2ccccc2)CC1. The highest BCUT2D eigenvalue weighted by molar-refractivity contribution is 5.78. The van der Waals surface area contributed by atoms with Crippen LogP contribution < -0.4 is 0 Å². The summed E-state index contributed by atoms with van der Waals surface area (Å²) in [5.74, 6) is 1.21. The van der Waals surface area contributed by atoms with Crippen molar-refractivity contribution < 1.29 is 4.79 Å². The van der Waals surface area contributed by atoms with Crippen molar-refractivity contribution in [3.05, 3.63) is 36.2 Å². The van der Waals surface area contributed by atoms with E-state index in [1.54, 1.807) is 9.58 Å². The average Bonchev–Trinajstić information content (AvgIpc) is 3.04. The lowest BCUT2D eigenvalue weighted by Crippen LogP contribution is -2.40. The van der Waals surface area contributed by atoms with Gasteiger partial charge >= 0.3 is 0 Å². The molecular formula is C16H22N6O. The van der Waals surface area contributed by atoms with Gasteiger partial charge in [-0.3, -0.25) is 9.69 Å². The number of piperidine rings is 1. The van der Waals surface area contributed by atoms with Crippen LogP contribution in [0.4, 0.5) is 0 Å². The minimum atomic E-state index is 0.145. The molecule has 0 saturated carbocycles. The highest BCUT2D eigenvalue weighted by Gasteiger charge is 2.26. The van der Waals surface area contributed by atoms with E-state index in [-0.39, 0.29) is 11.8 Å². The highest BCUT2D eigenvalue weighted by atomic mass is 16.2. The molecule has 2 heterocycles. The molecular weight excluding hydrogens is 292 g/mol. The molecule has 1 fully saturated rings. The predicted octanol–water partition coefficient (Wildman–Crippen LogP) is 0.962. The molecule has 0 N–H and O–H groups in total. The molecule has 1 amide bonds. The highest BCUT2D eigenvalue weighted by Crippen LogP contribution is 2.20. The van der Waals surface area contributed by atoms with Crippen LogP contribution in [0.25, 0.3) is 5.69 Å². The van der Waals surface area contributed by atoms with Gasteiger partial charge in [-0.15, -0.1) is 5.10 Å². The molecule has 0 atom stereocenters. The van der Waals surface area contributed by atoms with Crippen LogP contribution in [0.15, 0.2) is 30.3 Å². The number of hydrogen-bond acceptors (Lipinski definition) is 5. The van der Waals surface area contributed by atoms with Crippen LogP contribution in [-0.4, -0.2) is 63.1 Å². The Labute approximate surface area is 135 Å². The fourth-order valence-corrected chi connectivity index (χ4v) is 2.98. The van der Waals surface area contributed by atoms with Gasteiger partial charge < -0.3 is 4.90 Å². The van der Waals surface area contributed by atoms with E-state index in [9.17, 15) is 4.79 Å². The lowest BCUT2D eigenvalue weighted by molar-refractivity contribution is -0.134. The molecule has 7 heteroatoms.